The minimum absolute atomic E-state index is 0.164. The Morgan fingerprint density at radius 2 is 1.89 bits per heavy atom. The van der Waals surface area contributed by atoms with Gasteiger partial charge in [-0.15, -0.1) is 11.8 Å². The zero-order valence-corrected chi connectivity index (χ0v) is 18.4. The molecule has 144 valence electrons. The fourth-order valence-electron chi connectivity index (χ4n) is 2.62. The highest BCUT2D eigenvalue weighted by Crippen LogP contribution is 2.27. The van der Waals surface area contributed by atoms with Crippen LogP contribution in [-0.4, -0.2) is 24.2 Å². The normalized spacial score (nSPS) is 10.7. The van der Waals surface area contributed by atoms with Crippen molar-refractivity contribution in [3.63, 3.8) is 0 Å². The monoisotopic (exact) mass is 449 g/mol. The van der Waals surface area contributed by atoms with E-state index in [9.17, 15) is 9.59 Å². The van der Waals surface area contributed by atoms with Crippen molar-refractivity contribution in [1.82, 2.24) is 0 Å². The summed E-state index contributed by atoms with van der Waals surface area (Å²) in [5.41, 5.74) is 3.94. The maximum absolute atomic E-state index is 12.2. The second kappa shape index (κ2) is 9.95. The van der Waals surface area contributed by atoms with E-state index >= 15 is 0 Å². The van der Waals surface area contributed by atoms with E-state index in [1.807, 2.05) is 50.2 Å². The Balaban J connectivity index is 1.86. The molecule has 0 bridgehead atoms. The molecule has 0 radical (unpaired) electrons. The minimum atomic E-state index is -0.411. The molecule has 27 heavy (non-hydrogen) atoms. The zero-order chi connectivity index (χ0) is 20.0. The molecule has 0 aliphatic carbocycles. The highest BCUT2D eigenvalue weighted by molar-refractivity contribution is 9.10. The number of carbonyl (C=O) groups excluding carboxylic acids is 2. The lowest BCUT2D eigenvalue weighted by Gasteiger charge is -2.16. The molecule has 1 N–H and O–H groups in total. The number of carbonyl (C=O) groups is 2. The number of nitrogens with one attached hydrogen (secondary N) is 1. The van der Waals surface area contributed by atoms with Gasteiger partial charge in [0.2, 0.25) is 0 Å². The third-order valence-electron chi connectivity index (χ3n) is 4.04. The van der Waals surface area contributed by atoms with Gasteiger partial charge in [0.1, 0.15) is 0 Å². The Morgan fingerprint density at radius 3 is 2.56 bits per heavy atom. The van der Waals surface area contributed by atoms with Crippen molar-refractivity contribution in [2.24, 2.45) is 0 Å². The van der Waals surface area contributed by atoms with E-state index in [0.29, 0.717) is 0 Å². The van der Waals surface area contributed by atoms with Crippen molar-refractivity contribution >= 4 is 45.3 Å². The van der Waals surface area contributed by atoms with Crippen molar-refractivity contribution in [1.29, 1.82) is 0 Å². The first-order valence-corrected chi connectivity index (χ1v) is 10.5. The topological polar surface area (TPSA) is 55.4 Å². The Kier molecular flexibility index (Phi) is 7.92. The predicted octanol–water partition coefficient (Wildman–Crippen LogP) is 5.46. The number of para-hydroxylation sites is 1. The first-order chi connectivity index (χ1) is 12.8. The van der Waals surface area contributed by atoms with Gasteiger partial charge >= 0.3 is 5.97 Å². The number of rotatable bonds is 7. The van der Waals surface area contributed by atoms with Crippen LogP contribution in [0.1, 0.15) is 36.5 Å². The lowest BCUT2D eigenvalue weighted by atomic mass is 9.98. The summed E-state index contributed by atoms with van der Waals surface area (Å²) >= 11 is 4.82. The highest BCUT2D eigenvalue weighted by Gasteiger charge is 2.14. The molecule has 2 aromatic carbocycles. The van der Waals surface area contributed by atoms with Crippen molar-refractivity contribution in [3.8, 4) is 0 Å². The van der Waals surface area contributed by atoms with E-state index in [1.54, 1.807) is 0 Å². The molecule has 0 saturated carbocycles. The molecule has 2 aromatic rings. The predicted molar refractivity (Wildman–Crippen MR) is 114 cm³/mol. The van der Waals surface area contributed by atoms with Gasteiger partial charge in [0.25, 0.3) is 5.91 Å². The lowest BCUT2D eigenvalue weighted by Crippen LogP contribution is -2.22. The molecule has 0 atom stereocenters. The van der Waals surface area contributed by atoms with Crippen LogP contribution in [-0.2, 0) is 14.3 Å². The molecule has 6 heteroatoms. The molecule has 1 amide bonds. The van der Waals surface area contributed by atoms with E-state index in [0.717, 1.165) is 31.7 Å². The second-order valence-electron chi connectivity index (χ2n) is 6.60. The number of benzene rings is 2. The summed E-state index contributed by atoms with van der Waals surface area (Å²) < 4.78 is 6.12. The average molecular weight is 450 g/mol. The maximum atomic E-state index is 12.2. The van der Waals surface area contributed by atoms with E-state index in [1.165, 1.54) is 11.8 Å². The van der Waals surface area contributed by atoms with Gasteiger partial charge in [-0.1, -0.05) is 48.0 Å². The first kappa shape index (κ1) is 21.5. The average Bonchev–Trinajstić information content (AvgIpc) is 2.60. The van der Waals surface area contributed by atoms with Crippen LogP contribution < -0.4 is 5.32 Å². The van der Waals surface area contributed by atoms with E-state index in [2.05, 4.69) is 35.1 Å². The first-order valence-electron chi connectivity index (χ1n) is 8.72. The highest BCUT2D eigenvalue weighted by atomic mass is 79.9. The van der Waals surface area contributed by atoms with E-state index in [-0.39, 0.29) is 24.2 Å². The van der Waals surface area contributed by atoms with Gasteiger partial charge in [-0.25, -0.2) is 0 Å². The molecule has 0 saturated heterocycles. The van der Waals surface area contributed by atoms with Gasteiger partial charge in [-0.05, 0) is 54.7 Å². The molecule has 0 aromatic heterocycles. The zero-order valence-electron chi connectivity index (χ0n) is 16.0. The van der Waals surface area contributed by atoms with Crippen LogP contribution in [0, 0.1) is 13.8 Å². The van der Waals surface area contributed by atoms with Crippen LogP contribution in [0.15, 0.2) is 45.8 Å². The Labute approximate surface area is 173 Å². The van der Waals surface area contributed by atoms with E-state index < -0.39 is 5.97 Å². The van der Waals surface area contributed by atoms with Crippen molar-refractivity contribution in [3.05, 3.63) is 57.6 Å². The minimum Gasteiger partial charge on any atom is -0.455 e. The quantitative estimate of drug-likeness (QED) is 0.450. The molecule has 4 nitrogen and oxygen atoms in total. The Morgan fingerprint density at radius 1 is 1.15 bits per heavy atom. The number of ether oxygens (including phenoxy) is 1. The summed E-state index contributed by atoms with van der Waals surface area (Å²) in [5.74, 6) is -0.291. The fraction of sp³-hybridized carbons (Fsp3) is 0.333. The summed E-state index contributed by atoms with van der Waals surface area (Å²) in [4.78, 5) is 25.2. The summed E-state index contributed by atoms with van der Waals surface area (Å²) in [6, 6.07) is 11.8. The molecule has 0 unspecified atom stereocenters. The van der Waals surface area contributed by atoms with Crippen LogP contribution >= 0.6 is 27.7 Å². The van der Waals surface area contributed by atoms with Gasteiger partial charge in [0.05, 0.1) is 5.75 Å². The molecule has 0 aliphatic rings. The van der Waals surface area contributed by atoms with Gasteiger partial charge in [-0.3, -0.25) is 9.59 Å². The third-order valence-corrected chi connectivity index (χ3v) is 5.68. The van der Waals surface area contributed by atoms with Gasteiger partial charge in [0.15, 0.2) is 6.61 Å². The van der Waals surface area contributed by atoms with Crippen molar-refractivity contribution in [2.75, 3.05) is 17.7 Å². The summed E-state index contributed by atoms with van der Waals surface area (Å²) in [5, 5.41) is 2.88. The molecule has 2 rings (SSSR count). The number of thioether (sulfide) groups is 1. The molecular formula is C21H24BrNO3S. The molecular weight excluding hydrogens is 426 g/mol. The number of amides is 1. The van der Waals surface area contributed by atoms with Crippen molar-refractivity contribution in [2.45, 2.75) is 38.5 Å². The van der Waals surface area contributed by atoms with Gasteiger partial charge in [-0.2, -0.15) is 0 Å². The lowest BCUT2D eigenvalue weighted by molar-refractivity contribution is -0.144. The number of hydrogen-bond acceptors (Lipinski definition) is 4. The molecule has 0 fully saturated rings. The number of anilines is 1. The maximum Gasteiger partial charge on any atom is 0.316 e. The smallest absolute Gasteiger partial charge is 0.316 e. The van der Waals surface area contributed by atoms with Gasteiger partial charge < -0.3 is 10.1 Å². The van der Waals surface area contributed by atoms with Gasteiger partial charge in [0, 0.05) is 15.1 Å². The van der Waals surface area contributed by atoms with Crippen molar-refractivity contribution < 1.29 is 14.3 Å². The number of esters is 1. The van der Waals surface area contributed by atoms with Crippen LogP contribution in [0.5, 0.6) is 0 Å². The Bertz CT molecular complexity index is 836. The summed E-state index contributed by atoms with van der Waals surface area (Å²) in [7, 11) is 0. The molecule has 0 spiro atoms. The number of halogens is 1. The SMILES string of the molecule is Cc1cc(Br)ccc1SCC(=O)OCC(=O)Nc1c(C)cccc1C(C)C. The standard InChI is InChI=1S/C21H24BrNO3S/c1-13(2)17-7-5-6-14(3)21(17)23-19(24)11-26-20(25)12-27-18-9-8-16(22)10-15(18)4/h5-10,13H,11-12H2,1-4H3,(H,23,24). The number of aryl methyl sites for hydroxylation is 2. The van der Waals surface area contributed by atoms with Crippen LogP contribution in [0.3, 0.4) is 0 Å². The summed E-state index contributed by atoms with van der Waals surface area (Å²) in [6.45, 7) is 7.80. The van der Waals surface area contributed by atoms with E-state index in [4.69, 9.17) is 4.74 Å². The van der Waals surface area contributed by atoms with Crippen LogP contribution in [0.25, 0.3) is 0 Å². The Hall–Kier alpha value is -1.79. The second-order valence-corrected chi connectivity index (χ2v) is 8.53. The van der Waals surface area contributed by atoms with Crippen LogP contribution in [0.2, 0.25) is 0 Å². The third kappa shape index (κ3) is 6.40. The number of hydrogen-bond donors (Lipinski definition) is 1. The fourth-order valence-corrected chi connectivity index (χ4v) is 3.90. The largest absolute Gasteiger partial charge is 0.455 e. The molecule has 0 heterocycles. The molecule has 0 aliphatic heterocycles. The summed E-state index contributed by atoms with van der Waals surface area (Å²) in [6.07, 6.45) is 0. The van der Waals surface area contributed by atoms with Crippen LogP contribution in [0.4, 0.5) is 5.69 Å².